The number of rotatable bonds is 6. The van der Waals surface area contributed by atoms with Gasteiger partial charge in [-0.2, -0.15) is 0 Å². The molecule has 0 atom stereocenters. The van der Waals surface area contributed by atoms with Gasteiger partial charge >= 0.3 is 0 Å². The van der Waals surface area contributed by atoms with E-state index in [4.69, 9.17) is 4.74 Å². The number of amides is 1. The first kappa shape index (κ1) is 23.2. The predicted molar refractivity (Wildman–Crippen MR) is 124 cm³/mol. The van der Waals surface area contributed by atoms with Crippen LogP contribution in [0.5, 0.6) is 0 Å². The van der Waals surface area contributed by atoms with E-state index in [-0.39, 0.29) is 5.91 Å². The number of carbonyl (C=O) groups excluding carboxylic acids is 1. The first-order chi connectivity index (χ1) is 14.8. The average molecular weight is 442 g/mol. The zero-order valence-electron chi connectivity index (χ0n) is 18.9. The average Bonchev–Trinajstić information content (AvgIpc) is 2.96. The van der Waals surface area contributed by atoms with Gasteiger partial charge in [-0.3, -0.25) is 14.7 Å². The van der Waals surface area contributed by atoms with E-state index in [0.29, 0.717) is 20.0 Å². The van der Waals surface area contributed by atoms with Crippen LogP contribution in [0, 0.1) is 12.8 Å². The lowest BCUT2D eigenvalue weighted by Crippen LogP contribution is -2.47. The van der Waals surface area contributed by atoms with Crippen LogP contribution < -0.4 is 0 Å². The molecule has 0 bridgehead atoms. The van der Waals surface area contributed by atoms with Gasteiger partial charge < -0.3 is 9.30 Å². The Morgan fingerprint density at radius 2 is 1.87 bits per heavy atom. The molecule has 0 radical (unpaired) electrons. The van der Waals surface area contributed by atoms with Crippen molar-refractivity contribution in [2.45, 2.75) is 39.1 Å². The van der Waals surface area contributed by atoms with Gasteiger partial charge in [0.05, 0.1) is 18.3 Å². The van der Waals surface area contributed by atoms with E-state index in [0.717, 1.165) is 34.2 Å². The number of hydrogen-bond acceptors (Lipinski definition) is 6. The molecule has 0 unspecified atom stereocenters. The van der Waals surface area contributed by atoms with Crippen LogP contribution in [-0.2, 0) is 16.1 Å². The van der Waals surface area contributed by atoms with Gasteiger partial charge in [-0.25, -0.2) is 9.29 Å². The van der Waals surface area contributed by atoms with Crippen LogP contribution in [0.25, 0.3) is 11.0 Å². The number of nitrogens with zero attached hydrogens (tertiary/aromatic N) is 5. The van der Waals surface area contributed by atoms with Crippen LogP contribution in [-0.4, -0.2) is 56.7 Å². The van der Waals surface area contributed by atoms with Crippen molar-refractivity contribution < 1.29 is 9.53 Å². The summed E-state index contributed by atoms with van der Waals surface area (Å²) in [6.07, 6.45) is 3.59. The van der Waals surface area contributed by atoms with Crippen molar-refractivity contribution in [3.8, 4) is 0 Å². The van der Waals surface area contributed by atoms with Gasteiger partial charge in [0.15, 0.2) is 0 Å². The number of likely N-dealkylation sites (N-methyl/N-ethyl adjacent to an activating group) is 1. The maximum absolute atomic E-state index is 12.0. The molecule has 1 aliphatic rings. The van der Waals surface area contributed by atoms with Crippen molar-refractivity contribution in [2.75, 3.05) is 27.1 Å². The van der Waals surface area contributed by atoms with Gasteiger partial charge in [-0.1, -0.05) is 32.9 Å². The topological polar surface area (TPSA) is 63.5 Å². The van der Waals surface area contributed by atoms with E-state index in [1.54, 1.807) is 29.2 Å². The second-order valence-electron chi connectivity index (χ2n) is 8.26. The predicted octanol–water partition coefficient (Wildman–Crippen LogP) is 4.16. The summed E-state index contributed by atoms with van der Waals surface area (Å²) in [5.74, 6) is 1.90. The van der Waals surface area contributed by atoms with Gasteiger partial charge in [-0.05, 0) is 55.6 Å². The summed E-state index contributed by atoms with van der Waals surface area (Å²) < 4.78 is 9.15. The lowest BCUT2D eigenvalue weighted by molar-refractivity contribution is -0.175. The van der Waals surface area contributed by atoms with Gasteiger partial charge in [-0.15, -0.1) is 0 Å². The molecule has 1 aromatic carbocycles. The molecule has 3 aromatic rings. The molecule has 3 heterocycles. The maximum atomic E-state index is 12.0. The molecule has 1 fully saturated rings. The highest BCUT2D eigenvalue weighted by Crippen LogP contribution is 2.23. The minimum atomic E-state index is 0.0878. The summed E-state index contributed by atoms with van der Waals surface area (Å²) in [5, 5.41) is 0. The molecule has 2 aromatic heterocycles. The second kappa shape index (κ2) is 10.7. The Kier molecular flexibility index (Phi) is 8.06. The van der Waals surface area contributed by atoms with Crippen molar-refractivity contribution in [2.24, 2.45) is 5.92 Å². The maximum Gasteiger partial charge on any atom is 0.241 e. The Hall–Kier alpha value is -2.42. The van der Waals surface area contributed by atoms with E-state index in [9.17, 15) is 4.79 Å². The Labute approximate surface area is 188 Å². The van der Waals surface area contributed by atoms with Crippen molar-refractivity contribution in [3.63, 3.8) is 0 Å². The quantitative estimate of drug-likeness (QED) is 0.535. The van der Waals surface area contributed by atoms with Crippen LogP contribution >= 0.6 is 11.9 Å². The summed E-state index contributed by atoms with van der Waals surface area (Å²) in [6.45, 7) is 10.5. The lowest BCUT2D eigenvalue weighted by atomic mass is 10.2. The van der Waals surface area contributed by atoms with E-state index in [2.05, 4.69) is 59.6 Å². The number of fused-ring (bicyclic) bond motifs is 1. The molecular weight excluding hydrogens is 410 g/mol. The highest BCUT2D eigenvalue weighted by Gasteiger charge is 2.22. The molecule has 4 rings (SSSR count). The molecule has 8 heteroatoms. The molecular formula is C23H31N5O2S. The smallest absolute Gasteiger partial charge is 0.241 e. The third kappa shape index (κ3) is 6.53. The number of hydrogen-bond donors (Lipinski definition) is 0. The highest BCUT2D eigenvalue weighted by atomic mass is 32.2. The molecule has 0 N–H and O–H groups in total. The Bertz CT molecular complexity index is 996. The number of aromatic nitrogens is 3. The van der Waals surface area contributed by atoms with Crippen molar-refractivity contribution in [1.82, 2.24) is 23.7 Å². The second-order valence-corrected chi connectivity index (χ2v) is 9.54. The normalized spacial score (nSPS) is 13.3. The first-order valence-electron chi connectivity index (χ1n) is 10.4. The molecule has 0 spiro atoms. The SMILES string of the molecule is CC(C)C.Cc1nc2cnccc2n1Cc1ccc(SN(C)CC(=O)N2COC2)cc1. The Morgan fingerprint density at radius 3 is 2.48 bits per heavy atom. The van der Waals surface area contributed by atoms with Gasteiger partial charge in [0.2, 0.25) is 5.91 Å². The van der Waals surface area contributed by atoms with Crippen LogP contribution in [0.2, 0.25) is 0 Å². The fourth-order valence-corrected chi connectivity index (χ4v) is 3.76. The molecule has 1 saturated heterocycles. The summed E-state index contributed by atoms with van der Waals surface area (Å²) in [5.41, 5.74) is 3.21. The molecule has 166 valence electrons. The number of aryl methyl sites for hydroxylation is 1. The van der Waals surface area contributed by atoms with E-state index in [1.807, 2.05) is 24.3 Å². The van der Waals surface area contributed by atoms with Crippen LogP contribution in [0.3, 0.4) is 0 Å². The monoisotopic (exact) mass is 441 g/mol. The fourth-order valence-electron chi connectivity index (χ4n) is 2.97. The summed E-state index contributed by atoms with van der Waals surface area (Å²) >= 11 is 1.56. The summed E-state index contributed by atoms with van der Waals surface area (Å²) in [6, 6.07) is 10.4. The Morgan fingerprint density at radius 1 is 1.19 bits per heavy atom. The number of benzene rings is 1. The van der Waals surface area contributed by atoms with Gasteiger partial charge in [0.1, 0.15) is 24.8 Å². The van der Waals surface area contributed by atoms with Crippen LogP contribution in [0.15, 0.2) is 47.6 Å². The fraction of sp³-hybridized carbons (Fsp3) is 0.435. The molecule has 1 aliphatic heterocycles. The zero-order valence-corrected chi connectivity index (χ0v) is 19.7. The van der Waals surface area contributed by atoms with Crippen molar-refractivity contribution in [1.29, 1.82) is 0 Å². The summed E-state index contributed by atoms with van der Waals surface area (Å²) in [4.78, 5) is 23.5. The largest absolute Gasteiger partial charge is 0.340 e. The first-order valence-corrected chi connectivity index (χ1v) is 11.2. The minimum absolute atomic E-state index is 0.0878. The van der Waals surface area contributed by atoms with E-state index < -0.39 is 0 Å². The van der Waals surface area contributed by atoms with E-state index >= 15 is 0 Å². The number of carbonyl (C=O) groups is 1. The van der Waals surface area contributed by atoms with Gasteiger partial charge in [0.25, 0.3) is 0 Å². The number of imidazole rings is 1. The summed E-state index contributed by atoms with van der Waals surface area (Å²) in [7, 11) is 1.92. The Balaban J connectivity index is 0.000000628. The highest BCUT2D eigenvalue weighted by molar-refractivity contribution is 7.97. The van der Waals surface area contributed by atoms with E-state index in [1.165, 1.54) is 5.56 Å². The number of ether oxygens (including phenoxy) is 1. The standard InChI is InChI=1S/C19H21N5O2S.C4H10/c1-14-21-17-9-20-8-7-18(17)24(14)10-15-3-5-16(6-4-15)27-22(2)11-19(25)23-12-26-13-23;1-4(2)3/h3-9H,10-13H2,1-2H3;4H,1-3H3. The number of pyridine rings is 1. The molecule has 1 amide bonds. The minimum Gasteiger partial charge on any atom is -0.340 e. The van der Waals surface area contributed by atoms with Gasteiger partial charge in [0, 0.05) is 17.6 Å². The molecule has 0 aliphatic carbocycles. The third-order valence-corrected chi connectivity index (χ3v) is 5.40. The van der Waals surface area contributed by atoms with Crippen LogP contribution in [0.4, 0.5) is 0 Å². The van der Waals surface area contributed by atoms with Crippen LogP contribution in [0.1, 0.15) is 32.2 Å². The lowest BCUT2D eigenvalue weighted by Gasteiger charge is -2.31. The molecule has 7 nitrogen and oxygen atoms in total. The molecule has 0 saturated carbocycles. The zero-order chi connectivity index (χ0) is 22.4. The molecule has 31 heavy (non-hydrogen) atoms. The third-order valence-electron chi connectivity index (χ3n) is 4.47. The van der Waals surface area contributed by atoms with Crippen molar-refractivity contribution in [3.05, 3.63) is 54.1 Å². The van der Waals surface area contributed by atoms with Crippen molar-refractivity contribution >= 4 is 28.9 Å².